The molecule has 0 spiro atoms. The van der Waals surface area contributed by atoms with Crippen LogP contribution in [0.15, 0.2) is 24.8 Å². The third-order valence-corrected chi connectivity index (χ3v) is 4.19. The Morgan fingerprint density at radius 1 is 1.16 bits per heavy atom. The predicted molar refractivity (Wildman–Crippen MR) is 102 cm³/mol. The van der Waals surface area contributed by atoms with Gasteiger partial charge in [-0.1, -0.05) is 0 Å². The Labute approximate surface area is 151 Å². The first kappa shape index (κ1) is 17.2. The van der Waals surface area contributed by atoms with E-state index in [4.69, 9.17) is 12.2 Å². The molecule has 3 rings (SSSR count). The summed E-state index contributed by atoms with van der Waals surface area (Å²) in [6, 6.07) is 0. The zero-order valence-electron chi connectivity index (χ0n) is 14.8. The van der Waals surface area contributed by atoms with Gasteiger partial charge < -0.3 is 10.6 Å². The quantitative estimate of drug-likeness (QED) is 0.682. The Balaban J connectivity index is 1.62. The summed E-state index contributed by atoms with van der Waals surface area (Å²) in [4.78, 5) is 0. The number of rotatable bonds is 5. The monoisotopic (exact) mass is 358 g/mol. The van der Waals surface area contributed by atoms with E-state index in [2.05, 4.69) is 39.8 Å². The summed E-state index contributed by atoms with van der Waals surface area (Å²) in [7, 11) is 1.88. The summed E-state index contributed by atoms with van der Waals surface area (Å²) in [5.41, 5.74) is 4.93. The van der Waals surface area contributed by atoms with Crippen LogP contribution in [-0.2, 0) is 20.1 Å². The fraction of sp³-hybridized carbons (Fsp3) is 0.375. The normalized spacial score (nSPS) is 10.9. The summed E-state index contributed by atoms with van der Waals surface area (Å²) < 4.78 is 5.59. The minimum atomic E-state index is 0.505. The standard InChI is InChI=1S/C16H22N8S/c1-5-24-12(3)13(6-18-24)8-23-9-14(7-17-23)19-16(25)20-15-10-22(4)21-11(15)2/h6-7,9-10H,5,8H2,1-4H3,(H2,19,20,25). The van der Waals surface area contributed by atoms with Gasteiger partial charge in [-0.25, -0.2) is 0 Å². The van der Waals surface area contributed by atoms with Crippen molar-refractivity contribution in [1.82, 2.24) is 29.3 Å². The summed E-state index contributed by atoms with van der Waals surface area (Å²) in [6.07, 6.45) is 7.46. The molecule has 8 nitrogen and oxygen atoms in total. The summed E-state index contributed by atoms with van der Waals surface area (Å²) in [6.45, 7) is 7.63. The van der Waals surface area contributed by atoms with E-state index >= 15 is 0 Å². The number of nitrogens with zero attached hydrogens (tertiary/aromatic N) is 6. The molecular weight excluding hydrogens is 336 g/mol. The van der Waals surface area contributed by atoms with Crippen molar-refractivity contribution in [3.05, 3.63) is 41.7 Å². The Bertz CT molecular complexity index is 888. The first-order chi connectivity index (χ1) is 12.0. The highest BCUT2D eigenvalue weighted by molar-refractivity contribution is 7.80. The van der Waals surface area contributed by atoms with Crippen LogP contribution in [0, 0.1) is 13.8 Å². The minimum absolute atomic E-state index is 0.505. The van der Waals surface area contributed by atoms with Gasteiger partial charge in [0, 0.05) is 37.2 Å². The smallest absolute Gasteiger partial charge is 0.175 e. The number of aryl methyl sites for hydroxylation is 3. The molecule has 0 unspecified atom stereocenters. The van der Waals surface area contributed by atoms with E-state index in [0.29, 0.717) is 11.7 Å². The molecule has 3 heterocycles. The van der Waals surface area contributed by atoms with Gasteiger partial charge in [-0.3, -0.25) is 14.0 Å². The van der Waals surface area contributed by atoms with Gasteiger partial charge in [0.25, 0.3) is 0 Å². The van der Waals surface area contributed by atoms with E-state index in [-0.39, 0.29) is 0 Å². The fourth-order valence-electron chi connectivity index (χ4n) is 2.66. The van der Waals surface area contributed by atoms with E-state index in [1.54, 1.807) is 10.9 Å². The van der Waals surface area contributed by atoms with Crippen molar-refractivity contribution in [2.24, 2.45) is 7.05 Å². The predicted octanol–water partition coefficient (Wildman–Crippen LogP) is 2.31. The SMILES string of the molecule is CCn1ncc(Cn2cc(NC(=S)Nc3cn(C)nc3C)cn2)c1C. The van der Waals surface area contributed by atoms with Crippen molar-refractivity contribution in [1.29, 1.82) is 0 Å². The van der Waals surface area contributed by atoms with Crippen LogP contribution < -0.4 is 10.6 Å². The van der Waals surface area contributed by atoms with Crippen molar-refractivity contribution >= 4 is 28.7 Å². The number of anilines is 2. The second-order valence-corrected chi connectivity index (χ2v) is 6.29. The van der Waals surface area contributed by atoms with Gasteiger partial charge in [0.15, 0.2) is 5.11 Å². The molecule has 0 aromatic carbocycles. The molecule has 2 N–H and O–H groups in total. The van der Waals surface area contributed by atoms with Gasteiger partial charge in [-0.15, -0.1) is 0 Å². The Kier molecular flexibility index (Phi) is 4.84. The van der Waals surface area contributed by atoms with Crippen LogP contribution in [0.1, 0.15) is 23.9 Å². The zero-order valence-corrected chi connectivity index (χ0v) is 15.6. The highest BCUT2D eigenvalue weighted by atomic mass is 32.1. The maximum Gasteiger partial charge on any atom is 0.175 e. The molecule has 9 heteroatoms. The topological polar surface area (TPSA) is 77.5 Å². The molecule has 0 bridgehead atoms. The molecule has 0 aliphatic rings. The van der Waals surface area contributed by atoms with Crippen LogP contribution in [0.2, 0.25) is 0 Å². The van der Waals surface area contributed by atoms with Crippen molar-refractivity contribution in [2.75, 3.05) is 10.6 Å². The number of nitrogens with one attached hydrogen (secondary N) is 2. The molecule has 0 amide bonds. The van der Waals surface area contributed by atoms with Crippen molar-refractivity contribution in [3.8, 4) is 0 Å². The molecule has 3 aromatic rings. The third kappa shape index (κ3) is 3.87. The average molecular weight is 358 g/mol. The van der Waals surface area contributed by atoms with Crippen LogP contribution in [0.4, 0.5) is 11.4 Å². The summed E-state index contributed by atoms with van der Waals surface area (Å²) in [5, 5.41) is 19.8. The first-order valence-electron chi connectivity index (χ1n) is 8.08. The second kappa shape index (κ2) is 7.06. The van der Waals surface area contributed by atoms with Crippen molar-refractivity contribution < 1.29 is 0 Å². The maximum atomic E-state index is 5.36. The molecule has 0 aliphatic carbocycles. The molecule has 0 fully saturated rings. The minimum Gasteiger partial charge on any atom is -0.330 e. The number of aromatic nitrogens is 6. The molecule has 0 atom stereocenters. The van der Waals surface area contributed by atoms with Gasteiger partial charge in [-0.2, -0.15) is 15.3 Å². The van der Waals surface area contributed by atoms with Crippen LogP contribution in [0.5, 0.6) is 0 Å². The lowest BCUT2D eigenvalue weighted by molar-refractivity contribution is 0.633. The van der Waals surface area contributed by atoms with E-state index < -0.39 is 0 Å². The molecule has 132 valence electrons. The van der Waals surface area contributed by atoms with Crippen LogP contribution >= 0.6 is 12.2 Å². The molecule has 0 aliphatic heterocycles. The van der Waals surface area contributed by atoms with Crippen molar-refractivity contribution in [3.63, 3.8) is 0 Å². The largest absolute Gasteiger partial charge is 0.330 e. The van der Waals surface area contributed by atoms with Gasteiger partial charge >= 0.3 is 0 Å². The second-order valence-electron chi connectivity index (χ2n) is 5.88. The molecule has 0 saturated carbocycles. The maximum absolute atomic E-state index is 5.36. The zero-order chi connectivity index (χ0) is 18.0. The van der Waals surface area contributed by atoms with Gasteiger partial charge in [0.1, 0.15) is 0 Å². The Hall–Kier alpha value is -2.68. The van der Waals surface area contributed by atoms with Crippen molar-refractivity contribution in [2.45, 2.75) is 33.9 Å². The summed E-state index contributed by atoms with van der Waals surface area (Å²) in [5.74, 6) is 0. The Morgan fingerprint density at radius 3 is 2.60 bits per heavy atom. The highest BCUT2D eigenvalue weighted by Gasteiger charge is 2.09. The van der Waals surface area contributed by atoms with Gasteiger partial charge in [0.2, 0.25) is 0 Å². The van der Waals surface area contributed by atoms with Crippen LogP contribution in [-0.4, -0.2) is 34.5 Å². The Morgan fingerprint density at radius 2 is 1.96 bits per heavy atom. The molecule has 0 radical (unpaired) electrons. The molecule has 3 aromatic heterocycles. The lowest BCUT2D eigenvalue weighted by Gasteiger charge is -2.07. The number of hydrogen-bond donors (Lipinski definition) is 2. The first-order valence-corrected chi connectivity index (χ1v) is 8.49. The molecule has 0 saturated heterocycles. The number of thiocarbonyl (C=S) groups is 1. The van der Waals surface area contributed by atoms with Crippen LogP contribution in [0.25, 0.3) is 0 Å². The van der Waals surface area contributed by atoms with Crippen LogP contribution in [0.3, 0.4) is 0 Å². The lowest BCUT2D eigenvalue weighted by Crippen LogP contribution is -2.19. The molecular formula is C16H22N8S. The van der Waals surface area contributed by atoms with Gasteiger partial charge in [-0.05, 0) is 33.0 Å². The van der Waals surface area contributed by atoms with E-state index in [9.17, 15) is 0 Å². The van der Waals surface area contributed by atoms with Gasteiger partial charge in [0.05, 0.1) is 36.0 Å². The highest BCUT2D eigenvalue weighted by Crippen LogP contribution is 2.14. The lowest BCUT2D eigenvalue weighted by atomic mass is 10.2. The number of hydrogen-bond acceptors (Lipinski definition) is 4. The average Bonchev–Trinajstić information content (AvgIpc) is 3.22. The van der Waals surface area contributed by atoms with E-state index in [1.807, 2.05) is 41.9 Å². The van der Waals surface area contributed by atoms with E-state index in [0.717, 1.165) is 34.9 Å². The van der Waals surface area contributed by atoms with E-state index in [1.165, 1.54) is 0 Å². The fourth-order valence-corrected chi connectivity index (χ4v) is 2.88. The summed E-state index contributed by atoms with van der Waals surface area (Å²) >= 11 is 5.36. The molecule has 25 heavy (non-hydrogen) atoms. The third-order valence-electron chi connectivity index (χ3n) is 3.99.